The molecule has 0 amide bonds. The normalized spacial score (nSPS) is 19.4. The molecule has 1 spiro atoms. The summed E-state index contributed by atoms with van der Waals surface area (Å²) in [5, 5.41) is 11.3. The Hall–Kier alpha value is -3.22. The fourth-order valence-corrected chi connectivity index (χ4v) is 5.83. The minimum Gasteiger partial charge on any atom is -0.390 e. The third kappa shape index (κ3) is 3.24. The molecule has 0 unspecified atom stereocenters. The van der Waals surface area contributed by atoms with E-state index < -0.39 is 0 Å². The molecule has 0 radical (unpaired) electrons. The van der Waals surface area contributed by atoms with Crippen LogP contribution in [-0.2, 0) is 13.0 Å². The van der Waals surface area contributed by atoms with E-state index in [-0.39, 0.29) is 18.1 Å². The van der Waals surface area contributed by atoms with Crippen molar-refractivity contribution in [1.29, 1.82) is 0 Å². The molecule has 168 valence electrons. The number of para-hydroxylation sites is 1. The van der Waals surface area contributed by atoms with E-state index in [1.165, 1.54) is 11.1 Å². The number of nitrogens with zero attached hydrogens (tertiary/aromatic N) is 3. The maximum atomic E-state index is 10.2. The van der Waals surface area contributed by atoms with Gasteiger partial charge in [0.15, 0.2) is 5.82 Å². The largest absolute Gasteiger partial charge is 0.390 e. The molecule has 0 bridgehead atoms. The number of aryl methyl sites for hydroxylation is 1. The van der Waals surface area contributed by atoms with Crippen LogP contribution in [0.4, 0.5) is 5.82 Å². The van der Waals surface area contributed by atoms with Crippen molar-refractivity contribution >= 4 is 16.7 Å². The van der Waals surface area contributed by atoms with Gasteiger partial charge in [-0.15, -0.1) is 0 Å². The minimum absolute atomic E-state index is 0.0883. The second kappa shape index (κ2) is 7.68. The molecule has 4 N–H and O–H groups in total. The zero-order valence-corrected chi connectivity index (χ0v) is 18.9. The summed E-state index contributed by atoms with van der Waals surface area (Å²) in [6, 6.07) is 19.0. The number of aromatic amines is 1. The van der Waals surface area contributed by atoms with Crippen molar-refractivity contribution in [3.05, 3.63) is 77.1 Å². The number of aliphatic hydroxyl groups is 1. The molecule has 2 aliphatic rings. The van der Waals surface area contributed by atoms with Crippen molar-refractivity contribution in [2.24, 2.45) is 11.1 Å². The van der Waals surface area contributed by atoms with E-state index in [1.54, 1.807) is 0 Å². The Morgan fingerprint density at radius 2 is 1.85 bits per heavy atom. The van der Waals surface area contributed by atoms with Gasteiger partial charge in [-0.2, -0.15) is 0 Å². The maximum Gasteiger partial charge on any atom is 0.153 e. The molecule has 1 aliphatic heterocycles. The lowest BCUT2D eigenvalue weighted by Crippen LogP contribution is -2.45. The van der Waals surface area contributed by atoms with E-state index >= 15 is 0 Å². The summed E-state index contributed by atoms with van der Waals surface area (Å²) in [6.45, 7) is 3.60. The number of rotatable bonds is 3. The molecular weight excluding hydrogens is 410 g/mol. The lowest BCUT2D eigenvalue weighted by Gasteiger charge is -2.43. The van der Waals surface area contributed by atoms with Gasteiger partial charge in [0.1, 0.15) is 11.4 Å². The quantitative estimate of drug-likeness (QED) is 0.443. The van der Waals surface area contributed by atoms with Crippen LogP contribution >= 0.6 is 0 Å². The zero-order valence-electron chi connectivity index (χ0n) is 18.9. The lowest BCUT2D eigenvalue weighted by molar-refractivity contribution is 0.186. The van der Waals surface area contributed by atoms with Crippen LogP contribution in [-0.4, -0.2) is 33.1 Å². The summed E-state index contributed by atoms with van der Waals surface area (Å²) in [6.07, 6.45) is 3.07. The van der Waals surface area contributed by atoms with Gasteiger partial charge in [0.2, 0.25) is 0 Å². The minimum atomic E-state index is -0.136. The van der Waals surface area contributed by atoms with E-state index in [9.17, 15) is 5.11 Å². The second-order valence-corrected chi connectivity index (χ2v) is 9.56. The fourth-order valence-electron chi connectivity index (χ4n) is 5.83. The first-order valence-corrected chi connectivity index (χ1v) is 11.7. The van der Waals surface area contributed by atoms with Gasteiger partial charge in [0, 0.05) is 30.0 Å². The number of nitrogens with one attached hydrogen (secondary N) is 1. The Kier molecular flexibility index (Phi) is 4.75. The number of benzene rings is 2. The highest BCUT2D eigenvalue weighted by molar-refractivity contribution is 5.85. The zero-order chi connectivity index (χ0) is 22.6. The van der Waals surface area contributed by atoms with Gasteiger partial charge in [-0.1, -0.05) is 42.5 Å². The van der Waals surface area contributed by atoms with Crippen LogP contribution in [0.15, 0.2) is 54.6 Å². The maximum absolute atomic E-state index is 10.2. The van der Waals surface area contributed by atoms with E-state index in [0.29, 0.717) is 5.69 Å². The Morgan fingerprint density at radius 3 is 2.61 bits per heavy atom. The molecule has 6 nitrogen and oxygen atoms in total. The number of piperidine rings is 1. The molecule has 1 atom stereocenters. The van der Waals surface area contributed by atoms with Crippen molar-refractivity contribution in [1.82, 2.24) is 15.0 Å². The lowest BCUT2D eigenvalue weighted by atomic mass is 9.73. The summed E-state index contributed by atoms with van der Waals surface area (Å²) < 4.78 is 0. The summed E-state index contributed by atoms with van der Waals surface area (Å²) in [5.41, 5.74) is 13.8. The van der Waals surface area contributed by atoms with E-state index in [0.717, 1.165) is 66.2 Å². The van der Waals surface area contributed by atoms with Gasteiger partial charge in [-0.3, -0.25) is 0 Å². The third-order valence-electron chi connectivity index (χ3n) is 7.71. The molecule has 1 saturated heterocycles. The van der Waals surface area contributed by atoms with Crippen molar-refractivity contribution in [2.75, 3.05) is 18.0 Å². The van der Waals surface area contributed by atoms with Crippen LogP contribution < -0.4 is 10.6 Å². The van der Waals surface area contributed by atoms with Crippen molar-refractivity contribution in [2.45, 2.75) is 38.8 Å². The van der Waals surface area contributed by atoms with Crippen LogP contribution in [0.1, 0.15) is 41.4 Å². The van der Waals surface area contributed by atoms with Gasteiger partial charge >= 0.3 is 0 Å². The first-order chi connectivity index (χ1) is 16.1. The highest BCUT2D eigenvalue weighted by Gasteiger charge is 2.46. The summed E-state index contributed by atoms with van der Waals surface area (Å²) in [5.74, 6) is 0.800. The van der Waals surface area contributed by atoms with Crippen LogP contribution in [0, 0.1) is 12.3 Å². The molecule has 3 heterocycles. The van der Waals surface area contributed by atoms with E-state index in [4.69, 9.17) is 15.7 Å². The standard InChI is InChI=1S/C27H29N5O/c1-17-24(22-14-18-6-3-5-9-21(18)30-22)31-23(16-33)26(29-17)32-12-10-27(11-13-32)15-19-7-2-4-8-20(19)25(27)28/h2-9,14,25,30,33H,10-13,15-16,28H2,1H3/t25-/m1/s1. The molecule has 4 aromatic rings. The van der Waals surface area contributed by atoms with Gasteiger partial charge in [-0.25, -0.2) is 9.97 Å². The molecule has 0 saturated carbocycles. The number of nitrogens with two attached hydrogens (primary N) is 1. The smallest absolute Gasteiger partial charge is 0.153 e. The molecular formula is C27H29N5O. The molecule has 2 aromatic heterocycles. The second-order valence-electron chi connectivity index (χ2n) is 9.56. The number of H-pyrrole nitrogens is 1. The number of anilines is 1. The third-order valence-corrected chi connectivity index (χ3v) is 7.71. The summed E-state index contributed by atoms with van der Waals surface area (Å²) in [7, 11) is 0. The van der Waals surface area contributed by atoms with Crippen LogP contribution in [0.2, 0.25) is 0 Å². The SMILES string of the molecule is Cc1nc(N2CCC3(CC2)Cc2ccccc2[C@H]3N)c(CO)nc1-c1cc2ccccc2[nH]1. The molecule has 33 heavy (non-hydrogen) atoms. The highest BCUT2D eigenvalue weighted by Crippen LogP contribution is 2.51. The Labute approximate surface area is 193 Å². The Morgan fingerprint density at radius 1 is 1.09 bits per heavy atom. The molecule has 6 rings (SSSR count). The fraction of sp³-hybridized carbons (Fsp3) is 0.333. The number of aromatic nitrogens is 3. The predicted molar refractivity (Wildman–Crippen MR) is 131 cm³/mol. The molecule has 6 heteroatoms. The van der Waals surface area contributed by atoms with Gasteiger partial charge in [0.05, 0.1) is 18.0 Å². The van der Waals surface area contributed by atoms with Crippen LogP contribution in [0.5, 0.6) is 0 Å². The number of hydrogen-bond acceptors (Lipinski definition) is 5. The molecule has 1 aliphatic carbocycles. The first kappa shape index (κ1) is 20.4. The Balaban J connectivity index is 1.28. The summed E-state index contributed by atoms with van der Waals surface area (Å²) >= 11 is 0. The van der Waals surface area contributed by atoms with E-state index in [2.05, 4.69) is 52.3 Å². The molecule has 1 fully saturated rings. The number of hydrogen-bond donors (Lipinski definition) is 3. The van der Waals surface area contributed by atoms with E-state index in [1.807, 2.05) is 19.1 Å². The van der Waals surface area contributed by atoms with Crippen molar-refractivity contribution in [3.63, 3.8) is 0 Å². The van der Waals surface area contributed by atoms with Gasteiger partial charge in [-0.05, 0) is 54.9 Å². The molecule has 2 aromatic carbocycles. The van der Waals surface area contributed by atoms with Gasteiger partial charge < -0.3 is 20.7 Å². The van der Waals surface area contributed by atoms with Crippen molar-refractivity contribution < 1.29 is 5.11 Å². The van der Waals surface area contributed by atoms with Crippen LogP contribution in [0.25, 0.3) is 22.3 Å². The monoisotopic (exact) mass is 439 g/mol. The predicted octanol–water partition coefficient (Wildman–Crippen LogP) is 4.27. The Bertz CT molecular complexity index is 1300. The summed E-state index contributed by atoms with van der Waals surface area (Å²) in [4.78, 5) is 15.5. The average molecular weight is 440 g/mol. The first-order valence-electron chi connectivity index (χ1n) is 11.7. The average Bonchev–Trinajstić information content (AvgIpc) is 3.39. The number of aliphatic hydroxyl groups excluding tert-OH is 1. The number of fused-ring (bicyclic) bond motifs is 2. The topological polar surface area (TPSA) is 91.1 Å². The van der Waals surface area contributed by atoms with Crippen molar-refractivity contribution in [3.8, 4) is 11.4 Å². The highest BCUT2D eigenvalue weighted by atomic mass is 16.3. The van der Waals surface area contributed by atoms with Gasteiger partial charge in [0.25, 0.3) is 0 Å². The van der Waals surface area contributed by atoms with Crippen LogP contribution in [0.3, 0.4) is 0 Å².